The van der Waals surface area contributed by atoms with E-state index in [0.717, 1.165) is 62.2 Å². The first-order valence-electron chi connectivity index (χ1n) is 12.1. The number of amides is 1. The van der Waals surface area contributed by atoms with E-state index in [1.54, 1.807) is 12.1 Å². The van der Waals surface area contributed by atoms with E-state index in [1.807, 2.05) is 24.3 Å². The summed E-state index contributed by atoms with van der Waals surface area (Å²) in [4.78, 5) is 15.9. The van der Waals surface area contributed by atoms with E-state index in [1.165, 1.54) is 31.4 Å². The van der Waals surface area contributed by atoms with Gasteiger partial charge in [-0.3, -0.25) is 9.69 Å². The molecule has 1 atom stereocenters. The van der Waals surface area contributed by atoms with Gasteiger partial charge < -0.3 is 10.1 Å². The van der Waals surface area contributed by atoms with Crippen LogP contribution in [0.2, 0.25) is 0 Å². The molecule has 0 unspecified atom stereocenters. The van der Waals surface area contributed by atoms with Gasteiger partial charge in [0.05, 0.1) is 5.41 Å². The molecule has 1 aliphatic carbocycles. The normalized spacial score (nSPS) is 21.1. The Labute approximate surface area is 191 Å². The Morgan fingerprint density at radius 1 is 1.03 bits per heavy atom. The van der Waals surface area contributed by atoms with Crippen LogP contribution in [0.4, 0.5) is 10.1 Å². The van der Waals surface area contributed by atoms with Gasteiger partial charge in [-0.15, -0.1) is 0 Å². The molecule has 1 saturated carbocycles. The number of rotatable bonds is 7. The zero-order valence-corrected chi connectivity index (χ0v) is 19.1. The van der Waals surface area contributed by atoms with Gasteiger partial charge in [0.2, 0.25) is 5.91 Å². The van der Waals surface area contributed by atoms with Crippen LogP contribution in [-0.4, -0.2) is 36.5 Å². The Bertz CT molecular complexity index is 876. The van der Waals surface area contributed by atoms with Crippen LogP contribution in [-0.2, 0) is 10.2 Å². The predicted octanol–water partition coefficient (Wildman–Crippen LogP) is 5.92. The Morgan fingerprint density at radius 2 is 1.75 bits per heavy atom. The van der Waals surface area contributed by atoms with Crippen molar-refractivity contribution in [2.24, 2.45) is 0 Å². The fourth-order valence-corrected chi connectivity index (χ4v) is 5.23. The summed E-state index contributed by atoms with van der Waals surface area (Å²) in [7, 11) is 0. The molecule has 1 aliphatic heterocycles. The van der Waals surface area contributed by atoms with Crippen molar-refractivity contribution >= 4 is 11.6 Å². The molecule has 0 aromatic heterocycles. The number of piperidine rings is 1. The number of benzene rings is 2. The van der Waals surface area contributed by atoms with E-state index in [2.05, 4.69) is 17.1 Å². The largest absolute Gasteiger partial charge is 0.492 e. The lowest BCUT2D eigenvalue weighted by Gasteiger charge is -2.36. The van der Waals surface area contributed by atoms with Crippen molar-refractivity contribution in [3.63, 3.8) is 0 Å². The highest BCUT2D eigenvalue weighted by Gasteiger charge is 2.41. The Morgan fingerprint density at radius 3 is 2.44 bits per heavy atom. The monoisotopic (exact) mass is 438 g/mol. The van der Waals surface area contributed by atoms with Crippen molar-refractivity contribution in [2.75, 3.05) is 25.0 Å². The molecule has 1 saturated heterocycles. The Kier molecular flexibility index (Phi) is 7.46. The number of hydrogen-bond donors (Lipinski definition) is 1. The average Bonchev–Trinajstić information content (AvgIpc) is 2.82. The summed E-state index contributed by atoms with van der Waals surface area (Å²) in [5.41, 5.74) is 1.08. The number of likely N-dealkylation sites (tertiary alicyclic amines) is 1. The summed E-state index contributed by atoms with van der Waals surface area (Å²) in [5.74, 6) is 0.542. The smallest absolute Gasteiger partial charge is 0.235 e. The summed E-state index contributed by atoms with van der Waals surface area (Å²) in [5, 5.41) is 3.11. The second-order valence-electron chi connectivity index (χ2n) is 9.36. The van der Waals surface area contributed by atoms with Crippen LogP contribution in [0.5, 0.6) is 5.75 Å². The molecule has 0 radical (unpaired) electrons. The van der Waals surface area contributed by atoms with Gasteiger partial charge in [-0.1, -0.05) is 37.8 Å². The lowest BCUT2D eigenvalue weighted by Crippen LogP contribution is -2.42. The molecule has 0 spiro atoms. The molecule has 2 fully saturated rings. The summed E-state index contributed by atoms with van der Waals surface area (Å²) in [6.45, 7) is 5.07. The van der Waals surface area contributed by atoms with E-state index in [-0.39, 0.29) is 11.7 Å². The van der Waals surface area contributed by atoms with Gasteiger partial charge in [0.1, 0.15) is 18.2 Å². The van der Waals surface area contributed by atoms with Crippen LogP contribution in [0, 0.1) is 5.82 Å². The molecule has 5 heteroatoms. The third kappa shape index (κ3) is 5.32. The molecular formula is C27H35FN2O2. The summed E-state index contributed by atoms with van der Waals surface area (Å²) in [6, 6.07) is 14.7. The number of nitrogens with zero attached hydrogens (tertiary/aromatic N) is 1. The number of anilines is 1. The molecule has 1 amide bonds. The number of carbonyl (C=O) groups excluding carboxylic acids is 1. The topological polar surface area (TPSA) is 41.6 Å². The van der Waals surface area contributed by atoms with E-state index in [4.69, 9.17) is 4.74 Å². The number of carbonyl (C=O) groups is 1. The van der Waals surface area contributed by atoms with Crippen LogP contribution in [0.15, 0.2) is 48.5 Å². The quantitative estimate of drug-likeness (QED) is 0.583. The van der Waals surface area contributed by atoms with Gasteiger partial charge in [-0.25, -0.2) is 4.39 Å². The number of hydrogen-bond acceptors (Lipinski definition) is 3. The van der Waals surface area contributed by atoms with E-state index in [9.17, 15) is 9.18 Å². The fourth-order valence-electron chi connectivity index (χ4n) is 5.23. The van der Waals surface area contributed by atoms with E-state index < -0.39 is 5.41 Å². The van der Waals surface area contributed by atoms with Crippen LogP contribution in [0.1, 0.15) is 63.9 Å². The zero-order chi connectivity index (χ0) is 22.4. The van der Waals surface area contributed by atoms with Crippen LogP contribution in [0.25, 0.3) is 0 Å². The molecule has 4 nitrogen and oxygen atoms in total. The highest BCUT2D eigenvalue weighted by molar-refractivity contribution is 5.99. The van der Waals surface area contributed by atoms with Crippen LogP contribution >= 0.6 is 0 Å². The number of ether oxygens (including phenoxy) is 1. The summed E-state index contributed by atoms with van der Waals surface area (Å²) < 4.78 is 19.4. The van der Waals surface area contributed by atoms with Gasteiger partial charge >= 0.3 is 0 Å². The number of nitrogens with one attached hydrogen (secondary N) is 1. The predicted molar refractivity (Wildman–Crippen MR) is 127 cm³/mol. The molecule has 1 heterocycles. The third-order valence-corrected chi connectivity index (χ3v) is 7.24. The van der Waals surface area contributed by atoms with Crippen molar-refractivity contribution in [1.29, 1.82) is 0 Å². The molecule has 2 aliphatic rings. The molecule has 172 valence electrons. The molecule has 4 rings (SSSR count). The summed E-state index contributed by atoms with van der Waals surface area (Å²) >= 11 is 0. The van der Waals surface area contributed by atoms with Gasteiger partial charge in [-0.05, 0) is 81.1 Å². The first-order valence-corrected chi connectivity index (χ1v) is 12.1. The SMILES string of the molecule is C[C@H]1CCCCN1CCOc1ccc(NC(=O)C2(c3ccc(F)cc3)CCCCC2)cc1. The maximum absolute atomic E-state index is 13.5. The van der Waals surface area contributed by atoms with Crippen molar-refractivity contribution in [3.8, 4) is 5.75 Å². The van der Waals surface area contributed by atoms with Crippen LogP contribution < -0.4 is 10.1 Å². The molecule has 32 heavy (non-hydrogen) atoms. The molecular weight excluding hydrogens is 403 g/mol. The van der Waals surface area contributed by atoms with Gasteiger partial charge in [0.15, 0.2) is 0 Å². The van der Waals surface area contributed by atoms with Crippen molar-refractivity contribution < 1.29 is 13.9 Å². The molecule has 2 aromatic carbocycles. The first-order chi connectivity index (χ1) is 15.6. The molecule has 1 N–H and O–H groups in total. The lowest BCUT2D eigenvalue weighted by atomic mass is 9.68. The minimum Gasteiger partial charge on any atom is -0.492 e. The molecule has 0 bridgehead atoms. The van der Waals surface area contributed by atoms with Crippen LogP contribution in [0.3, 0.4) is 0 Å². The first kappa shape index (κ1) is 22.8. The van der Waals surface area contributed by atoms with Gasteiger partial charge in [-0.2, -0.15) is 0 Å². The second-order valence-corrected chi connectivity index (χ2v) is 9.36. The van der Waals surface area contributed by atoms with E-state index in [0.29, 0.717) is 12.6 Å². The van der Waals surface area contributed by atoms with Crippen molar-refractivity contribution in [1.82, 2.24) is 4.90 Å². The Balaban J connectivity index is 1.36. The molecule has 2 aromatic rings. The van der Waals surface area contributed by atoms with Crippen molar-refractivity contribution in [3.05, 3.63) is 59.9 Å². The van der Waals surface area contributed by atoms with E-state index >= 15 is 0 Å². The maximum atomic E-state index is 13.5. The lowest BCUT2D eigenvalue weighted by molar-refractivity contribution is -0.122. The zero-order valence-electron chi connectivity index (χ0n) is 19.1. The Hall–Kier alpha value is -2.40. The maximum Gasteiger partial charge on any atom is 0.235 e. The number of halogens is 1. The fraction of sp³-hybridized carbons (Fsp3) is 0.519. The second kappa shape index (κ2) is 10.5. The third-order valence-electron chi connectivity index (χ3n) is 7.24. The average molecular weight is 439 g/mol. The summed E-state index contributed by atoms with van der Waals surface area (Å²) in [6.07, 6.45) is 8.61. The van der Waals surface area contributed by atoms with Gasteiger partial charge in [0.25, 0.3) is 0 Å². The van der Waals surface area contributed by atoms with Gasteiger partial charge in [0, 0.05) is 18.3 Å². The highest BCUT2D eigenvalue weighted by atomic mass is 19.1. The standard InChI is InChI=1S/C27H35FN2O2/c1-21-7-3-6-18-30(21)19-20-32-25-14-12-24(13-15-25)29-26(31)27(16-4-2-5-17-27)22-8-10-23(28)11-9-22/h8-15,21H,2-7,16-20H2,1H3,(H,29,31)/t21-/m0/s1. The highest BCUT2D eigenvalue weighted by Crippen LogP contribution is 2.40. The minimum atomic E-state index is -0.591. The minimum absolute atomic E-state index is 0.00318. The van der Waals surface area contributed by atoms with Crippen molar-refractivity contribution in [2.45, 2.75) is 69.7 Å².